The van der Waals surface area contributed by atoms with Crippen LogP contribution >= 0.6 is 0 Å². The number of rotatable bonds is 9. The molecule has 0 fully saturated rings. The van der Waals surface area contributed by atoms with E-state index < -0.39 is 0 Å². The molecule has 0 bridgehead atoms. The van der Waals surface area contributed by atoms with Crippen molar-refractivity contribution in [2.24, 2.45) is 0 Å². The van der Waals surface area contributed by atoms with Crippen LogP contribution < -0.4 is 4.90 Å². The average molecular weight is 711 g/mol. The fourth-order valence-electron chi connectivity index (χ4n) is 8.08. The second-order valence-electron chi connectivity index (χ2n) is 15.0. The average Bonchev–Trinajstić information content (AvgIpc) is 3.23. The minimum Gasteiger partial charge on any atom is -0.311 e. The lowest BCUT2D eigenvalue weighted by Gasteiger charge is -2.29. The number of hydrogen-bond acceptors (Lipinski definition) is 2. The standard InChI is InChI=1S/C53H46N2/c1-37-21-22-45(36-50(37)49-19-12-20-51(39(49)3)53(4,5)52-38(2)14-13-35-54-52)44-27-33-48(34-28-44)55(46-29-23-42(24-30-46)40-15-8-6-9-16-40)47-31-25-43(26-32-47)41-17-10-7-11-18-41/h6-36H,1-5H3. The minimum atomic E-state index is -0.234. The van der Waals surface area contributed by atoms with Gasteiger partial charge in [0.1, 0.15) is 0 Å². The minimum absolute atomic E-state index is 0.234. The predicted octanol–water partition coefficient (Wildman–Crippen LogP) is 14.5. The van der Waals surface area contributed by atoms with E-state index in [0.717, 1.165) is 22.8 Å². The maximum Gasteiger partial charge on any atom is 0.0532 e. The summed E-state index contributed by atoms with van der Waals surface area (Å²) in [7, 11) is 0. The molecule has 0 spiro atoms. The maximum atomic E-state index is 4.83. The van der Waals surface area contributed by atoms with Crippen molar-refractivity contribution < 1.29 is 0 Å². The molecule has 0 saturated heterocycles. The third-order valence-corrected chi connectivity index (χ3v) is 11.1. The Labute approximate surface area is 326 Å². The first kappa shape index (κ1) is 35.5. The van der Waals surface area contributed by atoms with Crippen LogP contribution in [0.2, 0.25) is 0 Å². The lowest BCUT2D eigenvalue weighted by atomic mass is 9.76. The van der Waals surface area contributed by atoms with Crippen LogP contribution in [0.15, 0.2) is 188 Å². The molecule has 0 aliphatic rings. The van der Waals surface area contributed by atoms with Crippen LogP contribution in [0.1, 0.15) is 41.8 Å². The summed E-state index contributed by atoms with van der Waals surface area (Å²) in [5.74, 6) is 0. The second-order valence-corrected chi connectivity index (χ2v) is 15.0. The summed E-state index contributed by atoms with van der Waals surface area (Å²) in [6.45, 7) is 11.2. The van der Waals surface area contributed by atoms with Crippen molar-refractivity contribution in [3.05, 3.63) is 216 Å². The van der Waals surface area contributed by atoms with Gasteiger partial charge >= 0.3 is 0 Å². The van der Waals surface area contributed by atoms with Gasteiger partial charge in [-0.05, 0) is 136 Å². The molecule has 1 heterocycles. The molecule has 0 amide bonds. The third kappa shape index (κ3) is 7.12. The number of hydrogen-bond donors (Lipinski definition) is 0. The van der Waals surface area contributed by atoms with Gasteiger partial charge in [0, 0.05) is 28.7 Å². The highest BCUT2D eigenvalue weighted by Crippen LogP contribution is 2.41. The van der Waals surface area contributed by atoms with E-state index in [4.69, 9.17) is 4.98 Å². The van der Waals surface area contributed by atoms with Gasteiger partial charge in [0.2, 0.25) is 0 Å². The summed E-state index contributed by atoms with van der Waals surface area (Å²) in [5.41, 5.74) is 19.0. The third-order valence-electron chi connectivity index (χ3n) is 11.1. The Morgan fingerprint density at radius 1 is 0.400 bits per heavy atom. The zero-order chi connectivity index (χ0) is 37.9. The number of benzene rings is 7. The van der Waals surface area contributed by atoms with Gasteiger partial charge in [0.25, 0.3) is 0 Å². The molecule has 0 aliphatic heterocycles. The van der Waals surface area contributed by atoms with Gasteiger partial charge in [0.05, 0.1) is 5.69 Å². The van der Waals surface area contributed by atoms with Crippen LogP contribution in [0.4, 0.5) is 17.1 Å². The molecular weight excluding hydrogens is 665 g/mol. The number of aromatic nitrogens is 1. The Morgan fingerprint density at radius 3 is 1.38 bits per heavy atom. The fraction of sp³-hybridized carbons (Fsp3) is 0.113. The van der Waals surface area contributed by atoms with Crippen LogP contribution in [-0.2, 0) is 5.41 Å². The van der Waals surface area contributed by atoms with Gasteiger partial charge in [-0.25, -0.2) is 0 Å². The van der Waals surface area contributed by atoms with Gasteiger partial charge in [-0.2, -0.15) is 0 Å². The summed E-state index contributed by atoms with van der Waals surface area (Å²) in [4.78, 5) is 7.17. The second kappa shape index (κ2) is 15.1. The molecule has 55 heavy (non-hydrogen) atoms. The topological polar surface area (TPSA) is 16.1 Å². The van der Waals surface area contributed by atoms with Gasteiger partial charge in [-0.1, -0.05) is 147 Å². The monoisotopic (exact) mass is 710 g/mol. The Balaban J connectivity index is 1.14. The van der Waals surface area contributed by atoms with Crippen LogP contribution in [0, 0.1) is 20.8 Å². The lowest BCUT2D eigenvalue weighted by molar-refractivity contribution is 0.607. The van der Waals surface area contributed by atoms with Gasteiger partial charge in [-0.3, -0.25) is 4.98 Å². The zero-order valence-corrected chi connectivity index (χ0v) is 32.3. The summed E-state index contributed by atoms with van der Waals surface area (Å²) in [5, 5.41) is 0. The Morgan fingerprint density at radius 2 is 0.873 bits per heavy atom. The number of nitrogens with zero attached hydrogens (tertiary/aromatic N) is 2. The molecular formula is C53H46N2. The first-order valence-electron chi connectivity index (χ1n) is 19.1. The maximum absolute atomic E-state index is 4.83. The summed E-state index contributed by atoms with van der Waals surface area (Å²) >= 11 is 0. The molecule has 2 heteroatoms. The zero-order valence-electron chi connectivity index (χ0n) is 32.3. The van der Waals surface area contributed by atoms with Crippen LogP contribution in [0.5, 0.6) is 0 Å². The van der Waals surface area contributed by atoms with E-state index in [1.54, 1.807) is 0 Å². The molecule has 268 valence electrons. The van der Waals surface area contributed by atoms with Crippen molar-refractivity contribution in [1.29, 1.82) is 0 Å². The van der Waals surface area contributed by atoms with Crippen LogP contribution in [0.3, 0.4) is 0 Å². The molecule has 0 N–H and O–H groups in total. The van der Waals surface area contributed by atoms with Crippen molar-refractivity contribution in [2.45, 2.75) is 40.0 Å². The van der Waals surface area contributed by atoms with Gasteiger partial charge < -0.3 is 4.90 Å². The van der Waals surface area contributed by atoms with Crippen molar-refractivity contribution in [3.8, 4) is 44.5 Å². The Bertz CT molecular complexity index is 2470. The molecule has 8 aromatic rings. The molecule has 0 aliphatic carbocycles. The quantitative estimate of drug-likeness (QED) is 0.148. The Kier molecular flexibility index (Phi) is 9.74. The molecule has 0 unspecified atom stereocenters. The predicted molar refractivity (Wildman–Crippen MR) is 233 cm³/mol. The van der Waals surface area contributed by atoms with E-state index in [-0.39, 0.29) is 5.41 Å². The molecule has 0 atom stereocenters. The molecule has 0 saturated carbocycles. The summed E-state index contributed by atoms with van der Waals surface area (Å²) in [6.07, 6.45) is 1.91. The van der Waals surface area contributed by atoms with E-state index in [0.29, 0.717) is 0 Å². The van der Waals surface area contributed by atoms with Gasteiger partial charge in [-0.15, -0.1) is 0 Å². The van der Waals surface area contributed by atoms with Crippen molar-refractivity contribution in [3.63, 3.8) is 0 Å². The van der Waals surface area contributed by atoms with Crippen LogP contribution in [0.25, 0.3) is 44.5 Å². The number of pyridine rings is 1. The van der Waals surface area contributed by atoms with E-state index in [2.05, 4.69) is 215 Å². The smallest absolute Gasteiger partial charge is 0.0532 e. The molecule has 7 aromatic carbocycles. The van der Waals surface area contributed by atoms with Crippen LogP contribution in [-0.4, -0.2) is 4.98 Å². The van der Waals surface area contributed by atoms with E-state index in [1.807, 2.05) is 12.3 Å². The fourth-order valence-corrected chi connectivity index (χ4v) is 8.08. The largest absolute Gasteiger partial charge is 0.311 e. The first-order valence-corrected chi connectivity index (χ1v) is 19.1. The lowest BCUT2D eigenvalue weighted by Crippen LogP contribution is -2.23. The SMILES string of the molecule is Cc1ccc(-c2ccc(N(c3ccc(-c4ccccc4)cc3)c3ccc(-c4ccccc4)cc3)cc2)cc1-c1cccc(C(C)(C)c2ncccc2C)c1C. The molecule has 2 nitrogen and oxygen atoms in total. The Hall–Kier alpha value is -6.51. The molecule has 8 rings (SSSR count). The van der Waals surface area contributed by atoms with Crippen molar-refractivity contribution >= 4 is 17.1 Å². The van der Waals surface area contributed by atoms with Crippen molar-refractivity contribution in [2.75, 3.05) is 4.90 Å². The highest BCUT2D eigenvalue weighted by atomic mass is 15.1. The molecule has 1 aromatic heterocycles. The highest BCUT2D eigenvalue weighted by molar-refractivity contribution is 5.83. The van der Waals surface area contributed by atoms with Gasteiger partial charge in [0.15, 0.2) is 0 Å². The number of anilines is 3. The van der Waals surface area contributed by atoms with Crippen molar-refractivity contribution in [1.82, 2.24) is 4.98 Å². The highest BCUT2D eigenvalue weighted by Gasteiger charge is 2.29. The summed E-state index contributed by atoms with van der Waals surface area (Å²) in [6, 6.07) is 65.6. The van der Waals surface area contributed by atoms with E-state index in [9.17, 15) is 0 Å². The summed E-state index contributed by atoms with van der Waals surface area (Å²) < 4.78 is 0. The number of aryl methyl sites for hydroxylation is 2. The van der Waals surface area contributed by atoms with E-state index in [1.165, 1.54) is 66.8 Å². The normalized spacial score (nSPS) is 11.4. The molecule has 0 radical (unpaired) electrons. The first-order chi connectivity index (χ1) is 26.8. The van der Waals surface area contributed by atoms with E-state index >= 15 is 0 Å².